The lowest BCUT2D eigenvalue weighted by molar-refractivity contribution is -0.0442. The average molecular weight is 423 g/mol. The van der Waals surface area contributed by atoms with Gasteiger partial charge in [0.25, 0.3) is 5.91 Å². The van der Waals surface area contributed by atoms with Crippen molar-refractivity contribution in [3.63, 3.8) is 0 Å². The van der Waals surface area contributed by atoms with Gasteiger partial charge < -0.3 is 15.0 Å². The minimum atomic E-state index is 0.0169. The molecule has 1 aromatic heterocycles. The molecular formula is C25H34N4O2. The van der Waals surface area contributed by atoms with Crippen molar-refractivity contribution in [2.45, 2.75) is 65.1 Å². The van der Waals surface area contributed by atoms with Gasteiger partial charge in [-0.1, -0.05) is 36.8 Å². The Labute approximate surface area is 185 Å². The Morgan fingerprint density at radius 3 is 2.58 bits per heavy atom. The zero-order valence-corrected chi connectivity index (χ0v) is 18.9. The number of ether oxygens (including phenoxy) is 1. The Kier molecular flexibility index (Phi) is 6.86. The number of hydrogen-bond donors (Lipinski definition) is 1. The molecule has 2 aliphatic rings. The maximum atomic E-state index is 13.0. The van der Waals surface area contributed by atoms with Crippen LogP contribution in [-0.4, -0.2) is 46.5 Å². The summed E-state index contributed by atoms with van der Waals surface area (Å²) in [5.41, 5.74) is 3.84. The summed E-state index contributed by atoms with van der Waals surface area (Å²) in [6.07, 6.45) is 7.10. The third-order valence-corrected chi connectivity index (χ3v) is 6.65. The summed E-state index contributed by atoms with van der Waals surface area (Å²) in [6, 6.07) is 8.63. The molecule has 0 spiro atoms. The van der Waals surface area contributed by atoms with Gasteiger partial charge in [-0.2, -0.15) is 0 Å². The van der Waals surface area contributed by atoms with Crippen molar-refractivity contribution in [1.82, 2.24) is 14.9 Å². The minimum absolute atomic E-state index is 0.0169. The van der Waals surface area contributed by atoms with Gasteiger partial charge >= 0.3 is 0 Å². The van der Waals surface area contributed by atoms with Crippen molar-refractivity contribution < 1.29 is 9.53 Å². The molecule has 0 bridgehead atoms. The zero-order chi connectivity index (χ0) is 21.8. The number of hydrogen-bond acceptors (Lipinski definition) is 5. The quantitative estimate of drug-likeness (QED) is 0.757. The molecular weight excluding hydrogens is 388 g/mol. The van der Waals surface area contributed by atoms with Crippen LogP contribution < -0.4 is 5.32 Å². The lowest BCUT2D eigenvalue weighted by Gasteiger charge is -2.31. The molecule has 3 heterocycles. The standard InChI is InChI=1S/C25H34N4O2/c1-17-7-9-20(10-8-17)22-6-4-5-21(31-22)15-26-24-19(3)23(27-16-28-24)25(30)29-13-11-18(2)12-14-29/h7-10,16,18,21-22H,4-6,11-15H2,1-3H3,(H,26,27,28)/t21-,22+/m1/s1. The average Bonchev–Trinajstić information content (AvgIpc) is 2.79. The topological polar surface area (TPSA) is 67.4 Å². The molecule has 1 aromatic carbocycles. The van der Waals surface area contributed by atoms with Crippen LogP contribution in [0.2, 0.25) is 0 Å². The number of carbonyl (C=O) groups is 1. The van der Waals surface area contributed by atoms with Crippen molar-refractivity contribution in [3.05, 3.63) is 53.0 Å². The van der Waals surface area contributed by atoms with Gasteiger partial charge in [-0.3, -0.25) is 4.79 Å². The van der Waals surface area contributed by atoms with E-state index in [-0.39, 0.29) is 18.1 Å². The van der Waals surface area contributed by atoms with E-state index in [1.807, 2.05) is 11.8 Å². The smallest absolute Gasteiger partial charge is 0.272 e. The highest BCUT2D eigenvalue weighted by Gasteiger charge is 2.26. The van der Waals surface area contributed by atoms with E-state index in [4.69, 9.17) is 4.74 Å². The summed E-state index contributed by atoms with van der Waals surface area (Å²) >= 11 is 0. The van der Waals surface area contributed by atoms with Crippen LogP contribution in [0.25, 0.3) is 0 Å². The fourth-order valence-corrected chi connectivity index (χ4v) is 4.49. The van der Waals surface area contributed by atoms with E-state index in [1.54, 1.807) is 0 Å². The molecule has 0 radical (unpaired) electrons. The van der Waals surface area contributed by atoms with Crippen LogP contribution >= 0.6 is 0 Å². The lowest BCUT2D eigenvalue weighted by Crippen LogP contribution is -2.38. The molecule has 6 nitrogen and oxygen atoms in total. The lowest BCUT2D eigenvalue weighted by atomic mass is 9.97. The number of nitrogens with zero attached hydrogens (tertiary/aromatic N) is 3. The third kappa shape index (κ3) is 5.24. The van der Waals surface area contributed by atoms with E-state index in [9.17, 15) is 4.79 Å². The Hall–Kier alpha value is -2.47. The number of piperidine rings is 1. The fourth-order valence-electron chi connectivity index (χ4n) is 4.49. The van der Waals surface area contributed by atoms with Gasteiger partial charge in [-0.15, -0.1) is 0 Å². The summed E-state index contributed by atoms with van der Waals surface area (Å²) in [5.74, 6) is 1.43. The first-order valence-corrected chi connectivity index (χ1v) is 11.6. The summed E-state index contributed by atoms with van der Waals surface area (Å²) in [5, 5.41) is 3.42. The van der Waals surface area contributed by atoms with Crippen LogP contribution in [0.5, 0.6) is 0 Å². The third-order valence-electron chi connectivity index (χ3n) is 6.65. The Morgan fingerprint density at radius 2 is 1.84 bits per heavy atom. The first-order valence-electron chi connectivity index (χ1n) is 11.6. The second kappa shape index (κ2) is 9.77. The number of carbonyl (C=O) groups excluding carboxylic acids is 1. The van der Waals surface area contributed by atoms with Crippen molar-refractivity contribution >= 4 is 11.7 Å². The second-order valence-corrected chi connectivity index (χ2v) is 9.14. The zero-order valence-electron chi connectivity index (χ0n) is 18.9. The number of nitrogens with one attached hydrogen (secondary N) is 1. The highest BCUT2D eigenvalue weighted by Crippen LogP contribution is 2.31. The van der Waals surface area contributed by atoms with Crippen LogP contribution in [0.15, 0.2) is 30.6 Å². The van der Waals surface area contributed by atoms with Gasteiger partial charge in [0.2, 0.25) is 0 Å². The van der Waals surface area contributed by atoms with Gasteiger partial charge in [-0.25, -0.2) is 9.97 Å². The molecule has 6 heteroatoms. The highest BCUT2D eigenvalue weighted by atomic mass is 16.5. The normalized spacial score (nSPS) is 22.4. The molecule has 2 aromatic rings. The molecule has 2 atom stereocenters. The molecule has 2 fully saturated rings. The molecule has 1 N–H and O–H groups in total. The fraction of sp³-hybridized carbons (Fsp3) is 0.560. The monoisotopic (exact) mass is 422 g/mol. The van der Waals surface area contributed by atoms with E-state index < -0.39 is 0 Å². The molecule has 4 rings (SSSR count). The van der Waals surface area contributed by atoms with Crippen LogP contribution in [-0.2, 0) is 4.74 Å². The summed E-state index contributed by atoms with van der Waals surface area (Å²) in [4.78, 5) is 23.6. The van der Waals surface area contributed by atoms with E-state index in [1.165, 1.54) is 17.5 Å². The van der Waals surface area contributed by atoms with E-state index in [0.717, 1.165) is 56.6 Å². The largest absolute Gasteiger partial charge is 0.368 e. The minimum Gasteiger partial charge on any atom is -0.368 e. The molecule has 166 valence electrons. The summed E-state index contributed by atoms with van der Waals surface area (Å²) < 4.78 is 6.38. The van der Waals surface area contributed by atoms with E-state index >= 15 is 0 Å². The number of likely N-dealkylation sites (tertiary alicyclic amines) is 1. The number of aromatic nitrogens is 2. The molecule has 2 saturated heterocycles. The molecule has 31 heavy (non-hydrogen) atoms. The van der Waals surface area contributed by atoms with Gasteiger partial charge in [0.15, 0.2) is 0 Å². The van der Waals surface area contributed by atoms with Crippen LogP contribution in [0.3, 0.4) is 0 Å². The van der Waals surface area contributed by atoms with Crippen molar-refractivity contribution in [2.75, 3.05) is 25.0 Å². The number of benzene rings is 1. The highest BCUT2D eigenvalue weighted by molar-refractivity contribution is 5.94. The van der Waals surface area contributed by atoms with Crippen LogP contribution in [0.1, 0.15) is 72.3 Å². The molecule has 2 aliphatic heterocycles. The second-order valence-electron chi connectivity index (χ2n) is 9.14. The van der Waals surface area contributed by atoms with Gasteiger partial charge in [0.05, 0.1) is 12.2 Å². The summed E-state index contributed by atoms with van der Waals surface area (Å²) in [7, 11) is 0. The first-order chi connectivity index (χ1) is 15.0. The predicted molar refractivity (Wildman–Crippen MR) is 122 cm³/mol. The van der Waals surface area contributed by atoms with Crippen molar-refractivity contribution in [1.29, 1.82) is 0 Å². The predicted octanol–water partition coefficient (Wildman–Crippen LogP) is 4.69. The van der Waals surface area contributed by atoms with Crippen LogP contribution in [0.4, 0.5) is 5.82 Å². The first kappa shape index (κ1) is 21.8. The maximum absolute atomic E-state index is 13.0. The van der Waals surface area contributed by atoms with Crippen molar-refractivity contribution in [2.24, 2.45) is 5.92 Å². The van der Waals surface area contributed by atoms with E-state index in [0.29, 0.717) is 18.2 Å². The molecule has 0 aliphatic carbocycles. The Morgan fingerprint density at radius 1 is 1.10 bits per heavy atom. The Balaban J connectivity index is 1.37. The maximum Gasteiger partial charge on any atom is 0.272 e. The number of aryl methyl sites for hydroxylation is 1. The molecule has 0 saturated carbocycles. The van der Waals surface area contributed by atoms with Gasteiger partial charge in [-0.05, 0) is 57.4 Å². The molecule has 0 unspecified atom stereocenters. The number of anilines is 1. The summed E-state index contributed by atoms with van der Waals surface area (Å²) in [6.45, 7) is 8.57. The van der Waals surface area contributed by atoms with Crippen LogP contribution in [0, 0.1) is 19.8 Å². The van der Waals surface area contributed by atoms with Crippen molar-refractivity contribution in [3.8, 4) is 0 Å². The number of amides is 1. The molecule has 1 amide bonds. The van der Waals surface area contributed by atoms with Gasteiger partial charge in [0.1, 0.15) is 17.8 Å². The van der Waals surface area contributed by atoms with Gasteiger partial charge in [0, 0.05) is 25.2 Å². The van der Waals surface area contributed by atoms with E-state index in [2.05, 4.69) is 53.4 Å². The SMILES string of the molecule is Cc1ccc([C@@H]2CCC[C@H](CNc3ncnc(C(=O)N4CCC(C)CC4)c3C)O2)cc1. The Bertz CT molecular complexity index is 891. The number of rotatable bonds is 5.